The fraction of sp³-hybridized carbons (Fsp3) is 0.310. The Morgan fingerprint density at radius 1 is 0.949 bits per heavy atom. The monoisotopic (exact) mass is 564 g/mol. The molecule has 0 atom stereocenters. The number of rotatable bonds is 11. The summed E-state index contributed by atoms with van der Waals surface area (Å²) in [6, 6.07) is 22.5. The average Bonchev–Trinajstić information content (AvgIpc) is 3.48. The van der Waals surface area contributed by atoms with Gasteiger partial charge in [-0.25, -0.2) is 8.42 Å². The molecule has 0 aliphatic carbocycles. The van der Waals surface area contributed by atoms with E-state index in [4.69, 9.17) is 4.74 Å². The van der Waals surface area contributed by atoms with Crippen LogP contribution >= 0.6 is 11.3 Å². The van der Waals surface area contributed by atoms with Crippen molar-refractivity contribution in [1.82, 2.24) is 19.1 Å². The van der Waals surface area contributed by atoms with Gasteiger partial charge in [0.1, 0.15) is 4.90 Å². The molecule has 0 radical (unpaired) electrons. The van der Waals surface area contributed by atoms with Crippen LogP contribution in [0.25, 0.3) is 10.9 Å². The van der Waals surface area contributed by atoms with E-state index in [1.165, 1.54) is 4.31 Å². The molecule has 1 aliphatic rings. The number of hydrogen-bond acceptors (Lipinski definition) is 7. The number of para-hydroxylation sites is 1. The number of carbonyl (C=O) groups excluding carboxylic acids is 1. The van der Waals surface area contributed by atoms with Gasteiger partial charge in [0, 0.05) is 49.2 Å². The van der Waals surface area contributed by atoms with Crippen molar-refractivity contribution in [3.63, 3.8) is 0 Å². The Bertz CT molecular complexity index is 1470. The summed E-state index contributed by atoms with van der Waals surface area (Å²) in [5.74, 6) is -0.244. The quantitative estimate of drug-likeness (QED) is 0.275. The van der Waals surface area contributed by atoms with Gasteiger partial charge in [0.15, 0.2) is 0 Å². The van der Waals surface area contributed by atoms with Gasteiger partial charge < -0.3 is 9.64 Å². The van der Waals surface area contributed by atoms with Crippen molar-refractivity contribution in [1.29, 1.82) is 0 Å². The lowest BCUT2D eigenvalue weighted by molar-refractivity contribution is -0.132. The first-order valence-corrected chi connectivity index (χ1v) is 15.3. The zero-order valence-electron chi connectivity index (χ0n) is 21.7. The van der Waals surface area contributed by atoms with Gasteiger partial charge in [-0.3, -0.25) is 14.7 Å². The van der Waals surface area contributed by atoms with Crippen LogP contribution in [0.5, 0.6) is 0 Å². The number of fused-ring (bicyclic) bond motifs is 1. The maximum Gasteiger partial charge on any atom is 0.245 e. The molecule has 4 aromatic rings. The Kier molecular flexibility index (Phi) is 9.00. The van der Waals surface area contributed by atoms with E-state index in [0.29, 0.717) is 38.4 Å². The van der Waals surface area contributed by atoms with E-state index in [2.05, 4.69) is 9.88 Å². The van der Waals surface area contributed by atoms with Crippen molar-refractivity contribution < 1.29 is 17.9 Å². The van der Waals surface area contributed by atoms with Crippen LogP contribution in [-0.2, 0) is 32.6 Å². The first kappa shape index (κ1) is 27.4. The second-order valence-corrected chi connectivity index (χ2v) is 12.4. The summed E-state index contributed by atoms with van der Waals surface area (Å²) in [5, 5.41) is 2.72. The van der Waals surface area contributed by atoms with Crippen LogP contribution in [0, 0.1) is 0 Å². The number of sulfonamides is 1. The third-order valence-electron chi connectivity index (χ3n) is 6.79. The number of aromatic nitrogens is 1. The number of hydrogen-bond donors (Lipinski definition) is 0. The SMILES string of the molecule is O=C(CN(CCN1CCOCC1)S(=O)(=O)c1cccc2cccnc12)N(Cc1ccccc1)Cc1cccs1. The van der Waals surface area contributed by atoms with E-state index in [-0.39, 0.29) is 23.9 Å². The van der Waals surface area contributed by atoms with Crippen LogP contribution in [0.4, 0.5) is 0 Å². The second kappa shape index (κ2) is 12.8. The van der Waals surface area contributed by atoms with Gasteiger partial charge in [0.2, 0.25) is 15.9 Å². The van der Waals surface area contributed by atoms with Gasteiger partial charge in [0.05, 0.1) is 31.8 Å². The van der Waals surface area contributed by atoms with Crippen molar-refractivity contribution in [3.8, 4) is 0 Å². The molecule has 1 aliphatic heterocycles. The summed E-state index contributed by atoms with van der Waals surface area (Å²) in [5.41, 5.74) is 1.40. The normalized spacial score (nSPS) is 14.6. The van der Waals surface area contributed by atoms with Gasteiger partial charge >= 0.3 is 0 Å². The molecule has 0 spiro atoms. The Hall–Kier alpha value is -3.15. The van der Waals surface area contributed by atoms with Gasteiger partial charge in [-0.05, 0) is 29.1 Å². The molecule has 1 fully saturated rings. The highest BCUT2D eigenvalue weighted by molar-refractivity contribution is 7.89. The van der Waals surface area contributed by atoms with Gasteiger partial charge in [0.25, 0.3) is 0 Å². The lowest BCUT2D eigenvalue weighted by Crippen LogP contribution is -2.47. The minimum Gasteiger partial charge on any atom is -0.379 e. The van der Waals surface area contributed by atoms with Crippen LogP contribution in [-0.4, -0.2) is 79.4 Å². The lowest BCUT2D eigenvalue weighted by atomic mass is 10.2. The van der Waals surface area contributed by atoms with E-state index in [1.54, 1.807) is 40.6 Å². The van der Waals surface area contributed by atoms with Crippen LogP contribution in [0.3, 0.4) is 0 Å². The molecule has 0 bridgehead atoms. The Balaban J connectivity index is 1.44. The molecule has 2 aromatic heterocycles. The topological polar surface area (TPSA) is 83.0 Å². The Morgan fingerprint density at radius 3 is 2.51 bits per heavy atom. The first-order chi connectivity index (χ1) is 19.0. The molecule has 0 saturated carbocycles. The summed E-state index contributed by atoms with van der Waals surface area (Å²) in [6.07, 6.45) is 1.59. The predicted octanol–water partition coefficient (Wildman–Crippen LogP) is 3.85. The van der Waals surface area contributed by atoms with Crippen LogP contribution in [0.1, 0.15) is 10.4 Å². The molecule has 1 amide bonds. The van der Waals surface area contributed by atoms with Gasteiger partial charge in [-0.15, -0.1) is 11.3 Å². The van der Waals surface area contributed by atoms with Crippen LogP contribution in [0.15, 0.2) is 89.3 Å². The molecule has 204 valence electrons. The van der Waals surface area contributed by atoms with Gasteiger partial charge in [-0.2, -0.15) is 4.31 Å². The summed E-state index contributed by atoms with van der Waals surface area (Å²) in [7, 11) is -4.02. The molecular weight excluding hydrogens is 532 g/mol. The zero-order valence-corrected chi connectivity index (χ0v) is 23.3. The van der Waals surface area contributed by atoms with E-state index in [9.17, 15) is 13.2 Å². The number of ether oxygens (including phenoxy) is 1. The molecular formula is C29H32N4O4S2. The number of morpholine rings is 1. The highest BCUT2D eigenvalue weighted by Gasteiger charge is 2.31. The molecule has 8 nitrogen and oxygen atoms in total. The maximum absolute atomic E-state index is 14.1. The summed E-state index contributed by atoms with van der Waals surface area (Å²) < 4.78 is 35.0. The number of pyridine rings is 1. The van der Waals surface area contributed by atoms with Crippen molar-refractivity contribution in [2.75, 3.05) is 45.9 Å². The van der Waals surface area contributed by atoms with Gasteiger partial charge in [-0.1, -0.05) is 54.6 Å². The van der Waals surface area contributed by atoms with E-state index >= 15 is 0 Å². The second-order valence-electron chi connectivity index (χ2n) is 9.44. The number of amides is 1. The van der Waals surface area contributed by atoms with Crippen LogP contribution < -0.4 is 0 Å². The highest BCUT2D eigenvalue weighted by atomic mass is 32.2. The first-order valence-electron chi connectivity index (χ1n) is 13.0. The summed E-state index contributed by atoms with van der Waals surface area (Å²) in [4.78, 5) is 23.3. The molecule has 0 N–H and O–H groups in total. The third kappa shape index (κ3) is 6.90. The largest absolute Gasteiger partial charge is 0.379 e. The predicted molar refractivity (Wildman–Crippen MR) is 153 cm³/mol. The Labute approximate surface area is 233 Å². The minimum atomic E-state index is -4.02. The van der Waals surface area contributed by atoms with E-state index in [1.807, 2.05) is 60.0 Å². The smallest absolute Gasteiger partial charge is 0.245 e. The number of carbonyl (C=O) groups is 1. The number of benzene rings is 2. The molecule has 3 heterocycles. The van der Waals surface area contributed by atoms with Crippen LogP contribution in [0.2, 0.25) is 0 Å². The maximum atomic E-state index is 14.1. The summed E-state index contributed by atoms with van der Waals surface area (Å²) >= 11 is 1.58. The molecule has 5 rings (SSSR count). The minimum absolute atomic E-state index is 0.114. The van der Waals surface area contributed by atoms with Crippen molar-refractivity contribution in [2.45, 2.75) is 18.0 Å². The van der Waals surface area contributed by atoms with Crippen molar-refractivity contribution in [3.05, 3.63) is 94.8 Å². The average molecular weight is 565 g/mol. The molecule has 2 aromatic carbocycles. The fourth-order valence-corrected chi connectivity index (χ4v) is 6.93. The number of nitrogens with zero attached hydrogens (tertiary/aromatic N) is 4. The van der Waals surface area contributed by atoms with E-state index in [0.717, 1.165) is 28.9 Å². The lowest BCUT2D eigenvalue weighted by Gasteiger charge is -2.31. The standard InChI is InChI=1S/C29H32N4O4S2/c34-28(32(22-26-11-6-20-38-26)21-24-7-2-1-3-8-24)23-33(15-14-31-16-18-37-19-17-31)39(35,36)27-12-4-9-25-10-5-13-30-29(25)27/h1-13,20H,14-19,21-23H2. The zero-order chi connectivity index (χ0) is 27.1. The summed E-state index contributed by atoms with van der Waals surface area (Å²) in [6.45, 7) is 3.95. The molecule has 39 heavy (non-hydrogen) atoms. The molecule has 0 unspecified atom stereocenters. The van der Waals surface area contributed by atoms with Crippen molar-refractivity contribution in [2.24, 2.45) is 0 Å². The Morgan fingerprint density at radius 2 is 1.74 bits per heavy atom. The highest BCUT2D eigenvalue weighted by Crippen LogP contribution is 2.25. The fourth-order valence-electron chi connectivity index (χ4n) is 4.66. The van der Waals surface area contributed by atoms with Crippen molar-refractivity contribution >= 4 is 38.2 Å². The van der Waals surface area contributed by atoms with E-state index < -0.39 is 10.0 Å². The third-order valence-corrected chi connectivity index (χ3v) is 9.53. The molecule has 10 heteroatoms. The molecule has 1 saturated heterocycles. The number of thiophene rings is 1.